The van der Waals surface area contributed by atoms with Crippen molar-refractivity contribution < 1.29 is 14.3 Å². The van der Waals surface area contributed by atoms with Gasteiger partial charge in [0, 0.05) is 36.4 Å². The fourth-order valence-electron chi connectivity index (χ4n) is 3.26. The number of amides is 1. The van der Waals surface area contributed by atoms with Crippen molar-refractivity contribution in [3.05, 3.63) is 52.2 Å². The summed E-state index contributed by atoms with van der Waals surface area (Å²) in [6.45, 7) is 9.41. The van der Waals surface area contributed by atoms with E-state index in [1.165, 1.54) is 0 Å². The summed E-state index contributed by atoms with van der Waals surface area (Å²) in [6.07, 6.45) is 1.77. The second kappa shape index (κ2) is 9.94. The van der Waals surface area contributed by atoms with Crippen LogP contribution >= 0.6 is 11.6 Å². The molecule has 1 aromatic heterocycles. The molecule has 2 aromatic rings. The number of morpholine rings is 1. The van der Waals surface area contributed by atoms with Crippen LogP contribution in [0.3, 0.4) is 0 Å². The molecule has 1 aliphatic rings. The molecular weight excluding hydrogens is 390 g/mol. The predicted molar refractivity (Wildman–Crippen MR) is 115 cm³/mol. The van der Waals surface area contributed by atoms with Gasteiger partial charge in [-0.3, -0.25) is 4.79 Å². The first kappa shape index (κ1) is 21.4. The predicted octanol–water partition coefficient (Wildman–Crippen LogP) is 3.70. The Morgan fingerprint density at radius 2 is 2.10 bits per heavy atom. The van der Waals surface area contributed by atoms with Crippen molar-refractivity contribution in [2.24, 2.45) is 0 Å². The zero-order chi connectivity index (χ0) is 20.8. The maximum absolute atomic E-state index is 12.4. The molecule has 7 heteroatoms. The summed E-state index contributed by atoms with van der Waals surface area (Å²) >= 11 is 6.24. The van der Waals surface area contributed by atoms with E-state index in [0.717, 1.165) is 35.6 Å². The Morgan fingerprint density at radius 3 is 2.83 bits per heavy atom. The van der Waals surface area contributed by atoms with Crippen LogP contribution in [-0.2, 0) is 16.1 Å². The van der Waals surface area contributed by atoms with E-state index in [1.54, 1.807) is 6.20 Å². The number of anilines is 1. The Morgan fingerprint density at radius 1 is 1.34 bits per heavy atom. The highest BCUT2D eigenvalue weighted by Gasteiger charge is 2.17. The molecule has 156 valence electrons. The van der Waals surface area contributed by atoms with E-state index in [1.807, 2.05) is 31.2 Å². The molecule has 29 heavy (non-hydrogen) atoms. The smallest absolute Gasteiger partial charge is 0.258 e. The van der Waals surface area contributed by atoms with Crippen LogP contribution in [0.25, 0.3) is 0 Å². The number of benzene rings is 1. The first-order chi connectivity index (χ1) is 14.0. The van der Waals surface area contributed by atoms with Crippen LogP contribution < -0.4 is 15.0 Å². The normalized spacial score (nSPS) is 14.2. The third-order valence-electron chi connectivity index (χ3n) is 4.93. The highest BCUT2D eigenvalue weighted by Crippen LogP contribution is 2.32. The number of aryl methyl sites for hydroxylation is 1. The molecule has 0 aliphatic carbocycles. The molecule has 1 saturated heterocycles. The third kappa shape index (κ3) is 5.61. The lowest BCUT2D eigenvalue weighted by atomic mass is 10.0. The molecule has 1 fully saturated rings. The van der Waals surface area contributed by atoms with Crippen LogP contribution in [0, 0.1) is 6.92 Å². The molecule has 0 saturated carbocycles. The molecule has 6 nitrogen and oxygen atoms in total. The minimum Gasteiger partial charge on any atom is -0.483 e. The molecule has 0 atom stereocenters. The molecular formula is C22H28ClN3O3. The SMILES string of the molecule is Cc1cc(OCC(=O)NCc2cccnc2N2CCOCC2)c(C(C)C)cc1Cl. The van der Waals surface area contributed by atoms with Crippen LogP contribution in [-0.4, -0.2) is 43.8 Å². The third-order valence-corrected chi connectivity index (χ3v) is 5.33. The molecule has 1 aromatic carbocycles. The summed E-state index contributed by atoms with van der Waals surface area (Å²) < 4.78 is 11.2. The summed E-state index contributed by atoms with van der Waals surface area (Å²) in [5.41, 5.74) is 2.90. The van der Waals surface area contributed by atoms with Crippen molar-refractivity contribution in [1.29, 1.82) is 0 Å². The number of hydrogen-bond donors (Lipinski definition) is 1. The van der Waals surface area contributed by atoms with Crippen molar-refractivity contribution in [3.63, 3.8) is 0 Å². The van der Waals surface area contributed by atoms with E-state index in [0.29, 0.717) is 30.5 Å². The molecule has 2 heterocycles. The summed E-state index contributed by atoms with van der Waals surface area (Å²) in [6, 6.07) is 7.67. The average molecular weight is 418 g/mol. The van der Waals surface area contributed by atoms with Gasteiger partial charge in [0.1, 0.15) is 11.6 Å². The Bertz CT molecular complexity index is 851. The average Bonchev–Trinajstić information content (AvgIpc) is 2.73. The molecule has 3 rings (SSSR count). The molecule has 1 aliphatic heterocycles. The van der Waals surface area contributed by atoms with Gasteiger partial charge < -0.3 is 19.7 Å². The van der Waals surface area contributed by atoms with E-state index < -0.39 is 0 Å². The lowest BCUT2D eigenvalue weighted by molar-refractivity contribution is -0.123. The van der Waals surface area contributed by atoms with Gasteiger partial charge in [0.15, 0.2) is 6.61 Å². The number of carbonyl (C=O) groups is 1. The monoisotopic (exact) mass is 417 g/mol. The quantitative estimate of drug-likeness (QED) is 0.744. The molecule has 0 radical (unpaired) electrons. The number of ether oxygens (including phenoxy) is 2. The number of halogens is 1. The number of nitrogens with one attached hydrogen (secondary N) is 1. The zero-order valence-electron chi connectivity index (χ0n) is 17.2. The summed E-state index contributed by atoms with van der Waals surface area (Å²) in [7, 11) is 0. The van der Waals surface area contributed by atoms with Crippen LogP contribution in [0.4, 0.5) is 5.82 Å². The first-order valence-electron chi connectivity index (χ1n) is 9.92. The summed E-state index contributed by atoms with van der Waals surface area (Å²) in [5.74, 6) is 1.67. The number of aromatic nitrogens is 1. The van der Waals surface area contributed by atoms with Crippen molar-refractivity contribution in [2.75, 3.05) is 37.8 Å². The number of rotatable bonds is 7. The van der Waals surface area contributed by atoms with Crippen LogP contribution in [0.2, 0.25) is 5.02 Å². The van der Waals surface area contributed by atoms with Gasteiger partial charge >= 0.3 is 0 Å². The van der Waals surface area contributed by atoms with E-state index in [-0.39, 0.29) is 18.4 Å². The van der Waals surface area contributed by atoms with Crippen molar-refractivity contribution in [3.8, 4) is 5.75 Å². The minimum atomic E-state index is -0.177. The van der Waals surface area contributed by atoms with E-state index in [4.69, 9.17) is 21.1 Å². The van der Waals surface area contributed by atoms with Gasteiger partial charge in [-0.05, 0) is 42.2 Å². The van der Waals surface area contributed by atoms with Crippen molar-refractivity contribution in [1.82, 2.24) is 10.3 Å². The maximum atomic E-state index is 12.4. The second-order valence-electron chi connectivity index (χ2n) is 7.44. The van der Waals surface area contributed by atoms with Crippen molar-refractivity contribution in [2.45, 2.75) is 33.2 Å². The largest absolute Gasteiger partial charge is 0.483 e. The number of carbonyl (C=O) groups excluding carboxylic acids is 1. The molecule has 0 unspecified atom stereocenters. The van der Waals surface area contributed by atoms with Crippen LogP contribution in [0.15, 0.2) is 30.5 Å². The fourth-order valence-corrected chi connectivity index (χ4v) is 3.43. The minimum absolute atomic E-state index is 0.0477. The van der Waals surface area contributed by atoms with Gasteiger partial charge in [-0.1, -0.05) is 31.5 Å². The highest BCUT2D eigenvalue weighted by atomic mass is 35.5. The van der Waals surface area contributed by atoms with Crippen LogP contribution in [0.1, 0.15) is 36.5 Å². The summed E-state index contributed by atoms with van der Waals surface area (Å²) in [5, 5.41) is 3.64. The van der Waals surface area contributed by atoms with E-state index in [2.05, 4.69) is 29.0 Å². The van der Waals surface area contributed by atoms with Crippen LogP contribution in [0.5, 0.6) is 5.75 Å². The Kier molecular flexibility index (Phi) is 7.34. The molecule has 0 spiro atoms. The number of pyridine rings is 1. The molecule has 1 amide bonds. The Hall–Kier alpha value is -2.31. The second-order valence-corrected chi connectivity index (χ2v) is 7.85. The Balaban J connectivity index is 1.60. The zero-order valence-corrected chi connectivity index (χ0v) is 18.0. The fraction of sp³-hybridized carbons (Fsp3) is 0.455. The number of nitrogens with zero attached hydrogens (tertiary/aromatic N) is 2. The lowest BCUT2D eigenvalue weighted by Crippen LogP contribution is -2.38. The van der Waals surface area contributed by atoms with E-state index in [9.17, 15) is 4.79 Å². The maximum Gasteiger partial charge on any atom is 0.258 e. The standard InChI is InChI=1S/C22H28ClN3O3/c1-15(2)18-12-19(23)16(3)11-20(18)29-14-21(27)25-13-17-5-4-6-24-22(17)26-7-9-28-10-8-26/h4-6,11-12,15H,7-10,13-14H2,1-3H3,(H,25,27). The van der Waals surface area contributed by atoms with Gasteiger partial charge in [-0.25, -0.2) is 4.98 Å². The van der Waals surface area contributed by atoms with Gasteiger partial charge in [-0.15, -0.1) is 0 Å². The lowest BCUT2D eigenvalue weighted by Gasteiger charge is -2.29. The van der Waals surface area contributed by atoms with Gasteiger partial charge in [0.2, 0.25) is 0 Å². The first-order valence-corrected chi connectivity index (χ1v) is 10.3. The Labute approximate surface area is 177 Å². The molecule has 0 bridgehead atoms. The number of hydrogen-bond acceptors (Lipinski definition) is 5. The topological polar surface area (TPSA) is 63.7 Å². The summed E-state index contributed by atoms with van der Waals surface area (Å²) in [4.78, 5) is 19.1. The van der Waals surface area contributed by atoms with Gasteiger partial charge in [0.05, 0.1) is 13.2 Å². The van der Waals surface area contributed by atoms with Gasteiger partial charge in [-0.2, -0.15) is 0 Å². The van der Waals surface area contributed by atoms with E-state index >= 15 is 0 Å². The molecule has 1 N–H and O–H groups in total. The van der Waals surface area contributed by atoms with Crippen molar-refractivity contribution >= 4 is 23.3 Å². The van der Waals surface area contributed by atoms with Gasteiger partial charge in [0.25, 0.3) is 5.91 Å². The highest BCUT2D eigenvalue weighted by molar-refractivity contribution is 6.31.